The molecule has 0 aromatic rings. The molecule has 0 unspecified atom stereocenters. The molecule has 1 aliphatic rings. The van der Waals surface area contributed by atoms with Crippen molar-refractivity contribution in [2.45, 2.75) is 6.10 Å². The maximum absolute atomic E-state index is 11.4. The quantitative estimate of drug-likeness (QED) is 0.0759. The van der Waals surface area contributed by atoms with Crippen LogP contribution in [0.2, 0.25) is 0 Å². The van der Waals surface area contributed by atoms with E-state index in [0.29, 0.717) is 119 Å². The standard InChI is InChI=1S/C25H47NO15/c27-1-2-30-3-4-31-5-6-32-7-8-33-9-10-34-11-12-35-13-14-36-15-16-37-17-18-38-19-20-39-25(29)40-22-23-21-26-24(28)41-23/h23,27H,1-22H2,(H,26,28)/t23-/m0/s1. The molecule has 1 heterocycles. The van der Waals surface area contributed by atoms with Crippen molar-refractivity contribution in [2.75, 3.05) is 145 Å². The van der Waals surface area contributed by atoms with Crippen molar-refractivity contribution >= 4 is 12.2 Å². The highest BCUT2D eigenvalue weighted by atomic mass is 16.7. The van der Waals surface area contributed by atoms with Crippen LogP contribution in [0, 0.1) is 0 Å². The molecule has 16 nitrogen and oxygen atoms in total. The lowest BCUT2D eigenvalue weighted by molar-refractivity contribution is -0.0271. The maximum atomic E-state index is 11.4. The molecular formula is C25H47NO15. The van der Waals surface area contributed by atoms with Gasteiger partial charge < -0.3 is 67.3 Å². The molecule has 0 spiro atoms. The molecule has 1 amide bonds. The largest absolute Gasteiger partial charge is 0.508 e. The first kappa shape index (κ1) is 37.2. The second-order valence-corrected chi connectivity index (χ2v) is 8.05. The highest BCUT2D eigenvalue weighted by Crippen LogP contribution is 2.01. The Hall–Kier alpha value is -1.86. The molecule has 1 fully saturated rings. The van der Waals surface area contributed by atoms with Gasteiger partial charge in [-0.1, -0.05) is 0 Å². The number of ether oxygens (including phenoxy) is 12. The number of hydrogen-bond acceptors (Lipinski definition) is 15. The summed E-state index contributed by atoms with van der Waals surface area (Å²) in [6, 6.07) is 0. The van der Waals surface area contributed by atoms with Crippen LogP contribution >= 0.6 is 0 Å². The summed E-state index contributed by atoms with van der Waals surface area (Å²) in [5.41, 5.74) is 0. The van der Waals surface area contributed by atoms with Gasteiger partial charge in [-0.2, -0.15) is 0 Å². The fraction of sp³-hybridized carbons (Fsp3) is 0.920. The maximum Gasteiger partial charge on any atom is 0.508 e. The Kier molecular flexibility index (Phi) is 26.9. The molecule has 1 aliphatic heterocycles. The van der Waals surface area contributed by atoms with Crippen LogP contribution in [-0.2, 0) is 56.8 Å². The van der Waals surface area contributed by atoms with E-state index in [0.717, 1.165) is 0 Å². The summed E-state index contributed by atoms with van der Waals surface area (Å²) < 4.78 is 62.6. The number of aliphatic hydroxyl groups is 1. The van der Waals surface area contributed by atoms with Gasteiger partial charge in [-0.15, -0.1) is 0 Å². The van der Waals surface area contributed by atoms with Crippen molar-refractivity contribution < 1.29 is 71.5 Å². The van der Waals surface area contributed by atoms with Crippen LogP contribution in [0.3, 0.4) is 0 Å². The molecule has 0 bridgehead atoms. The summed E-state index contributed by atoms with van der Waals surface area (Å²) in [7, 11) is 0. The fourth-order valence-corrected chi connectivity index (χ4v) is 2.84. The monoisotopic (exact) mass is 601 g/mol. The van der Waals surface area contributed by atoms with Gasteiger partial charge in [-0.25, -0.2) is 9.59 Å². The van der Waals surface area contributed by atoms with Crippen molar-refractivity contribution in [3.63, 3.8) is 0 Å². The molecule has 16 heteroatoms. The summed E-state index contributed by atoms with van der Waals surface area (Å²) in [5, 5.41) is 11.0. The highest BCUT2D eigenvalue weighted by Gasteiger charge is 2.24. The first-order valence-electron chi connectivity index (χ1n) is 13.8. The van der Waals surface area contributed by atoms with Gasteiger partial charge in [0.1, 0.15) is 13.2 Å². The molecule has 1 atom stereocenters. The smallest absolute Gasteiger partial charge is 0.441 e. The van der Waals surface area contributed by atoms with Gasteiger partial charge in [0.2, 0.25) is 0 Å². The van der Waals surface area contributed by atoms with Gasteiger partial charge in [-0.05, 0) is 0 Å². The minimum Gasteiger partial charge on any atom is -0.441 e. The van der Waals surface area contributed by atoms with Crippen LogP contribution < -0.4 is 5.32 Å². The topological polar surface area (TPSA) is 177 Å². The zero-order valence-corrected chi connectivity index (χ0v) is 23.8. The first-order chi connectivity index (χ1) is 20.2. The van der Waals surface area contributed by atoms with E-state index < -0.39 is 18.4 Å². The molecule has 242 valence electrons. The SMILES string of the molecule is O=C1NC[C@@H](COC(=O)OCCOCCOCCOCCOCCOCCOCCOCCOCCOCCO)O1. The Morgan fingerprint density at radius 1 is 0.585 bits per heavy atom. The Bertz CT molecular complexity index is 601. The van der Waals surface area contributed by atoms with E-state index in [4.69, 9.17) is 61.9 Å². The first-order valence-corrected chi connectivity index (χ1v) is 13.8. The normalized spacial score (nSPS) is 14.7. The molecule has 0 saturated carbocycles. The summed E-state index contributed by atoms with van der Waals surface area (Å²) in [5.74, 6) is 0. The number of amides is 1. The lowest BCUT2D eigenvalue weighted by atomic mass is 10.4. The lowest BCUT2D eigenvalue weighted by Crippen LogP contribution is -2.23. The third kappa shape index (κ3) is 26.8. The van der Waals surface area contributed by atoms with Gasteiger partial charge in [0.05, 0.1) is 132 Å². The van der Waals surface area contributed by atoms with Crippen molar-refractivity contribution in [1.29, 1.82) is 0 Å². The predicted octanol–water partition coefficient (Wildman–Crippen LogP) is -0.610. The zero-order chi connectivity index (χ0) is 29.5. The third-order valence-corrected chi connectivity index (χ3v) is 4.79. The van der Waals surface area contributed by atoms with E-state index in [1.54, 1.807) is 0 Å². The molecule has 0 aliphatic carbocycles. The molecule has 1 rings (SSSR count). The number of carbonyl (C=O) groups is 2. The summed E-state index contributed by atoms with van der Waals surface area (Å²) >= 11 is 0. The van der Waals surface area contributed by atoms with Crippen LogP contribution in [0.1, 0.15) is 0 Å². The Morgan fingerprint density at radius 2 is 0.927 bits per heavy atom. The summed E-state index contributed by atoms with van der Waals surface area (Å²) in [4.78, 5) is 22.3. The van der Waals surface area contributed by atoms with Crippen LogP contribution in [0.4, 0.5) is 9.59 Å². The van der Waals surface area contributed by atoms with Gasteiger partial charge >= 0.3 is 12.2 Å². The summed E-state index contributed by atoms with van der Waals surface area (Å²) in [6.07, 6.45) is -1.87. The van der Waals surface area contributed by atoms with Crippen molar-refractivity contribution in [2.24, 2.45) is 0 Å². The van der Waals surface area contributed by atoms with E-state index in [2.05, 4.69) is 5.32 Å². The number of rotatable bonds is 31. The van der Waals surface area contributed by atoms with E-state index in [1.807, 2.05) is 0 Å². The number of cyclic esters (lactones) is 1. The number of hydrogen-bond donors (Lipinski definition) is 2. The Balaban J connectivity index is 1.64. The summed E-state index contributed by atoms with van der Waals surface area (Å²) in [6.45, 7) is 8.16. The number of carbonyl (C=O) groups excluding carboxylic acids is 2. The lowest BCUT2D eigenvalue weighted by Gasteiger charge is -2.10. The average molecular weight is 602 g/mol. The number of aliphatic hydroxyl groups excluding tert-OH is 1. The van der Waals surface area contributed by atoms with E-state index in [-0.39, 0.29) is 26.4 Å². The number of nitrogens with one attached hydrogen (secondary N) is 1. The predicted molar refractivity (Wildman–Crippen MR) is 140 cm³/mol. The second-order valence-electron chi connectivity index (χ2n) is 8.05. The Morgan fingerprint density at radius 3 is 1.24 bits per heavy atom. The van der Waals surface area contributed by atoms with Crippen LogP contribution in [0.15, 0.2) is 0 Å². The van der Waals surface area contributed by atoms with Gasteiger partial charge in [-0.3, -0.25) is 0 Å². The van der Waals surface area contributed by atoms with Crippen LogP contribution in [0.25, 0.3) is 0 Å². The van der Waals surface area contributed by atoms with Gasteiger partial charge in [0.25, 0.3) is 0 Å². The molecule has 41 heavy (non-hydrogen) atoms. The van der Waals surface area contributed by atoms with E-state index in [1.165, 1.54) is 0 Å². The average Bonchev–Trinajstić information content (AvgIpc) is 3.40. The zero-order valence-electron chi connectivity index (χ0n) is 23.8. The van der Waals surface area contributed by atoms with Crippen LogP contribution in [-0.4, -0.2) is 169 Å². The van der Waals surface area contributed by atoms with E-state index >= 15 is 0 Å². The molecule has 2 N–H and O–H groups in total. The van der Waals surface area contributed by atoms with Crippen molar-refractivity contribution in [3.8, 4) is 0 Å². The minimum absolute atomic E-state index is 0.0167. The molecule has 0 aromatic heterocycles. The highest BCUT2D eigenvalue weighted by molar-refractivity contribution is 5.69. The molecule has 0 radical (unpaired) electrons. The van der Waals surface area contributed by atoms with Crippen molar-refractivity contribution in [1.82, 2.24) is 5.32 Å². The third-order valence-electron chi connectivity index (χ3n) is 4.79. The minimum atomic E-state index is -0.845. The molecule has 1 saturated heterocycles. The van der Waals surface area contributed by atoms with Crippen LogP contribution in [0.5, 0.6) is 0 Å². The van der Waals surface area contributed by atoms with Crippen molar-refractivity contribution in [3.05, 3.63) is 0 Å². The van der Waals surface area contributed by atoms with E-state index in [9.17, 15) is 9.59 Å². The van der Waals surface area contributed by atoms with Gasteiger partial charge in [0, 0.05) is 0 Å². The molecular weight excluding hydrogens is 554 g/mol. The fourth-order valence-electron chi connectivity index (χ4n) is 2.84. The second kappa shape index (κ2) is 29.6. The molecule has 0 aromatic carbocycles. The van der Waals surface area contributed by atoms with Gasteiger partial charge in [0.15, 0.2) is 6.10 Å². The number of alkyl carbamates (subject to hydrolysis) is 1. The Labute approximate surface area is 241 Å².